The van der Waals surface area contributed by atoms with E-state index in [1.165, 1.54) is 36.9 Å². The molecule has 8 heteroatoms. The summed E-state index contributed by atoms with van der Waals surface area (Å²) in [5.74, 6) is -1.04. The monoisotopic (exact) mass is 416 g/mol. The van der Waals surface area contributed by atoms with Gasteiger partial charge in [0.05, 0.1) is 15.4 Å². The molecule has 2 aromatic carbocycles. The SMILES string of the molecule is CC[C@@H](CNC(=O)[C@@H](C)OC(=O)c1ccc(SC)c([N+](=O)[O-])c1)c1ccccc1. The number of hydrogen-bond acceptors (Lipinski definition) is 6. The maximum absolute atomic E-state index is 12.3. The summed E-state index contributed by atoms with van der Waals surface area (Å²) in [7, 11) is 0. The van der Waals surface area contributed by atoms with Crippen LogP contribution >= 0.6 is 11.8 Å². The van der Waals surface area contributed by atoms with Crippen molar-refractivity contribution >= 4 is 29.3 Å². The Morgan fingerprint density at radius 3 is 2.48 bits per heavy atom. The molecule has 1 amide bonds. The molecule has 0 bridgehead atoms. The van der Waals surface area contributed by atoms with Crippen molar-refractivity contribution in [3.8, 4) is 0 Å². The van der Waals surface area contributed by atoms with E-state index in [0.29, 0.717) is 11.4 Å². The number of nitrogens with one attached hydrogen (secondary N) is 1. The highest BCUT2D eigenvalue weighted by Crippen LogP contribution is 2.28. The largest absolute Gasteiger partial charge is 0.449 e. The zero-order valence-electron chi connectivity index (χ0n) is 16.6. The molecule has 0 heterocycles. The molecule has 0 aliphatic heterocycles. The first-order valence-electron chi connectivity index (χ1n) is 9.23. The van der Waals surface area contributed by atoms with Gasteiger partial charge in [-0.1, -0.05) is 37.3 Å². The van der Waals surface area contributed by atoms with Crippen molar-refractivity contribution < 1.29 is 19.2 Å². The molecule has 0 saturated heterocycles. The number of amides is 1. The fourth-order valence-corrected chi connectivity index (χ4v) is 3.38. The minimum absolute atomic E-state index is 0.0323. The van der Waals surface area contributed by atoms with Crippen molar-refractivity contribution in [1.29, 1.82) is 0 Å². The number of carbonyl (C=O) groups excluding carboxylic acids is 2. The molecule has 7 nitrogen and oxygen atoms in total. The molecule has 1 N–H and O–H groups in total. The van der Waals surface area contributed by atoms with E-state index in [4.69, 9.17) is 4.74 Å². The molecular formula is C21H24N2O5S. The third-order valence-electron chi connectivity index (χ3n) is 4.55. The number of ether oxygens (including phenoxy) is 1. The number of thioether (sulfide) groups is 1. The molecule has 29 heavy (non-hydrogen) atoms. The number of benzene rings is 2. The highest BCUT2D eigenvalue weighted by atomic mass is 32.2. The van der Waals surface area contributed by atoms with Crippen LogP contribution in [-0.4, -0.2) is 35.7 Å². The number of rotatable bonds is 9. The smallest absolute Gasteiger partial charge is 0.339 e. The molecule has 0 radical (unpaired) electrons. The summed E-state index contributed by atoms with van der Waals surface area (Å²) in [6.45, 7) is 3.94. The molecule has 0 aromatic heterocycles. The second-order valence-electron chi connectivity index (χ2n) is 6.45. The maximum atomic E-state index is 12.3. The molecule has 2 aromatic rings. The number of nitro groups is 1. The van der Waals surface area contributed by atoms with E-state index in [9.17, 15) is 19.7 Å². The highest BCUT2D eigenvalue weighted by Gasteiger charge is 2.22. The topological polar surface area (TPSA) is 98.5 Å². The quantitative estimate of drug-likeness (QED) is 0.285. The van der Waals surface area contributed by atoms with Gasteiger partial charge >= 0.3 is 5.97 Å². The standard InChI is InChI=1S/C21H24N2O5S/c1-4-15(16-8-6-5-7-9-16)13-22-20(24)14(2)28-21(25)17-10-11-19(29-3)18(12-17)23(26)27/h5-12,14-15H,4,13H2,1-3H3,(H,22,24)/t14-,15+/m1/s1. The summed E-state index contributed by atoms with van der Waals surface area (Å²) in [5, 5.41) is 14.0. The zero-order chi connectivity index (χ0) is 21.4. The van der Waals surface area contributed by atoms with Crippen LogP contribution in [0.15, 0.2) is 53.4 Å². The first kappa shape index (κ1) is 22.4. The van der Waals surface area contributed by atoms with Crippen molar-refractivity contribution in [2.45, 2.75) is 37.2 Å². The zero-order valence-corrected chi connectivity index (χ0v) is 17.4. The number of nitrogens with zero attached hydrogens (tertiary/aromatic N) is 1. The van der Waals surface area contributed by atoms with Gasteiger partial charge in [-0.15, -0.1) is 11.8 Å². The Labute approximate surface area is 174 Å². The second-order valence-corrected chi connectivity index (χ2v) is 7.30. The number of nitro benzene ring substituents is 1. The Morgan fingerprint density at radius 2 is 1.90 bits per heavy atom. The minimum Gasteiger partial charge on any atom is -0.449 e. The summed E-state index contributed by atoms with van der Waals surface area (Å²) in [4.78, 5) is 35.7. The lowest BCUT2D eigenvalue weighted by atomic mass is 9.96. The Balaban J connectivity index is 1.97. The molecule has 0 saturated carbocycles. The van der Waals surface area contributed by atoms with E-state index in [1.807, 2.05) is 37.3 Å². The van der Waals surface area contributed by atoms with Crippen molar-refractivity contribution in [2.75, 3.05) is 12.8 Å². The maximum Gasteiger partial charge on any atom is 0.339 e. The first-order valence-corrected chi connectivity index (χ1v) is 10.5. The number of esters is 1. The van der Waals surface area contributed by atoms with Crippen molar-refractivity contribution in [3.05, 3.63) is 69.8 Å². The van der Waals surface area contributed by atoms with Crippen LogP contribution < -0.4 is 5.32 Å². The Bertz CT molecular complexity index is 873. The molecule has 2 rings (SSSR count). The number of hydrogen-bond donors (Lipinski definition) is 1. The lowest BCUT2D eigenvalue weighted by Gasteiger charge is -2.18. The third kappa shape index (κ3) is 6.05. The van der Waals surface area contributed by atoms with Crippen LogP contribution in [0.25, 0.3) is 0 Å². The van der Waals surface area contributed by atoms with E-state index in [0.717, 1.165) is 12.0 Å². The van der Waals surface area contributed by atoms with Gasteiger partial charge in [-0.05, 0) is 37.3 Å². The first-order chi connectivity index (χ1) is 13.9. The van der Waals surface area contributed by atoms with Gasteiger partial charge < -0.3 is 10.1 Å². The fraction of sp³-hybridized carbons (Fsp3) is 0.333. The molecular weight excluding hydrogens is 392 g/mol. The van der Waals surface area contributed by atoms with E-state index in [2.05, 4.69) is 5.32 Å². The van der Waals surface area contributed by atoms with Crippen LogP contribution in [0, 0.1) is 10.1 Å². The van der Waals surface area contributed by atoms with Crippen LogP contribution in [-0.2, 0) is 9.53 Å². The third-order valence-corrected chi connectivity index (χ3v) is 5.34. The second kappa shape index (κ2) is 10.6. The fourth-order valence-electron chi connectivity index (χ4n) is 2.83. The molecule has 0 fully saturated rings. The Kier molecular flexibility index (Phi) is 8.21. The molecule has 154 valence electrons. The average Bonchev–Trinajstić information content (AvgIpc) is 2.74. The van der Waals surface area contributed by atoms with Gasteiger partial charge in [0.2, 0.25) is 0 Å². The molecule has 2 atom stereocenters. The summed E-state index contributed by atoms with van der Waals surface area (Å²) in [6, 6.07) is 14.0. The number of carbonyl (C=O) groups is 2. The van der Waals surface area contributed by atoms with Crippen LogP contribution in [0.5, 0.6) is 0 Å². The van der Waals surface area contributed by atoms with Gasteiger partial charge in [0.15, 0.2) is 6.10 Å². The van der Waals surface area contributed by atoms with E-state index >= 15 is 0 Å². The van der Waals surface area contributed by atoms with Crippen LogP contribution in [0.3, 0.4) is 0 Å². The summed E-state index contributed by atoms with van der Waals surface area (Å²) in [5.41, 5.74) is 0.990. The predicted molar refractivity (Wildman–Crippen MR) is 112 cm³/mol. The Hall–Kier alpha value is -2.87. The van der Waals surface area contributed by atoms with E-state index < -0.39 is 22.9 Å². The minimum atomic E-state index is -1.02. The normalized spacial score (nSPS) is 12.7. The molecule has 0 aliphatic rings. The molecule has 0 aliphatic carbocycles. The summed E-state index contributed by atoms with van der Waals surface area (Å²) < 4.78 is 5.20. The van der Waals surface area contributed by atoms with Gasteiger partial charge in [0.25, 0.3) is 11.6 Å². The summed E-state index contributed by atoms with van der Waals surface area (Å²) in [6.07, 6.45) is 1.55. The van der Waals surface area contributed by atoms with E-state index in [1.54, 1.807) is 6.26 Å². The Morgan fingerprint density at radius 1 is 1.21 bits per heavy atom. The van der Waals surface area contributed by atoms with Crippen molar-refractivity contribution in [2.24, 2.45) is 0 Å². The molecule has 0 spiro atoms. The van der Waals surface area contributed by atoms with Crippen LogP contribution in [0.2, 0.25) is 0 Å². The lowest BCUT2D eigenvalue weighted by Crippen LogP contribution is -2.38. The lowest BCUT2D eigenvalue weighted by molar-refractivity contribution is -0.387. The van der Waals surface area contributed by atoms with Crippen molar-refractivity contribution in [3.63, 3.8) is 0 Å². The summed E-state index contributed by atoms with van der Waals surface area (Å²) >= 11 is 1.21. The molecule has 0 unspecified atom stereocenters. The van der Waals surface area contributed by atoms with Crippen molar-refractivity contribution in [1.82, 2.24) is 5.32 Å². The van der Waals surface area contributed by atoms with Crippen LogP contribution in [0.1, 0.15) is 42.1 Å². The van der Waals surface area contributed by atoms with Gasteiger partial charge in [-0.2, -0.15) is 0 Å². The van der Waals surface area contributed by atoms with Gasteiger partial charge in [0, 0.05) is 18.5 Å². The predicted octanol–water partition coefficient (Wildman–Crippen LogP) is 4.17. The highest BCUT2D eigenvalue weighted by molar-refractivity contribution is 7.98. The average molecular weight is 416 g/mol. The van der Waals surface area contributed by atoms with Crippen LogP contribution in [0.4, 0.5) is 5.69 Å². The van der Waals surface area contributed by atoms with Gasteiger partial charge in [0.1, 0.15) is 0 Å². The van der Waals surface area contributed by atoms with Gasteiger partial charge in [-0.3, -0.25) is 14.9 Å². The van der Waals surface area contributed by atoms with E-state index in [-0.39, 0.29) is 17.2 Å². The van der Waals surface area contributed by atoms with Gasteiger partial charge in [-0.25, -0.2) is 4.79 Å².